The van der Waals surface area contributed by atoms with Crippen LogP contribution in [-0.4, -0.2) is 47.9 Å². The third-order valence-electron chi connectivity index (χ3n) is 10.2. The van der Waals surface area contributed by atoms with Crippen LogP contribution in [0.2, 0.25) is 0 Å². The van der Waals surface area contributed by atoms with Crippen molar-refractivity contribution in [1.29, 1.82) is 0 Å². The fraction of sp³-hybridized carbons (Fsp3) is 0.885. The summed E-state index contributed by atoms with van der Waals surface area (Å²) in [7, 11) is 0. The first kappa shape index (κ1) is 24.5. The van der Waals surface area contributed by atoms with Crippen LogP contribution in [0.4, 0.5) is 0 Å². The lowest BCUT2D eigenvalue weighted by Gasteiger charge is -2.72. The van der Waals surface area contributed by atoms with Crippen LogP contribution in [0.25, 0.3) is 0 Å². The first-order valence-electron chi connectivity index (χ1n) is 12.5. The topological polar surface area (TPSA) is 99.1 Å². The Bertz CT molecular complexity index is 825. The second kappa shape index (κ2) is 8.24. The second-order valence-corrected chi connectivity index (χ2v) is 11.8. The predicted molar refractivity (Wildman–Crippen MR) is 120 cm³/mol. The van der Waals surface area contributed by atoms with Crippen molar-refractivity contribution in [3.8, 4) is 0 Å². The van der Waals surface area contributed by atoms with Gasteiger partial charge in [-0.15, -0.1) is 0 Å². The van der Waals surface area contributed by atoms with Crippen molar-refractivity contribution in [1.82, 2.24) is 0 Å². The van der Waals surface area contributed by atoms with Crippen LogP contribution in [0.3, 0.4) is 0 Å². The number of hydrogen-bond donors (Lipinski definition) is 1. The molecule has 5 saturated carbocycles. The molecule has 33 heavy (non-hydrogen) atoms. The van der Waals surface area contributed by atoms with Gasteiger partial charge in [-0.25, -0.2) is 0 Å². The number of carbonyl (C=O) groups excluding carboxylic acids is 3. The summed E-state index contributed by atoms with van der Waals surface area (Å²) in [4.78, 5) is 36.0. The lowest BCUT2D eigenvalue weighted by molar-refractivity contribution is -0.296. The molecule has 0 heterocycles. The standard InChI is InChI=1S/C26H40O7/c1-14-18-7-10-26(23(14)30)20(11-18)24(5)9-8-21(32-16(3)28)25(6,13-31-15(2)27)19(24)12-22(26)33-17(4)29/h14,18-23,30H,7-13H2,1-6H3/t14-,18+,19-,20-,21+,22-,23-,24+,25+,26+/m0/s1. The maximum Gasteiger partial charge on any atom is 0.302 e. The number of carbonyl (C=O) groups is 3. The summed E-state index contributed by atoms with van der Waals surface area (Å²) in [6.45, 7) is 10.9. The fourth-order valence-electron chi connectivity index (χ4n) is 8.80. The highest BCUT2D eigenvalue weighted by atomic mass is 16.6. The van der Waals surface area contributed by atoms with Gasteiger partial charge in [0.1, 0.15) is 18.8 Å². The Hall–Kier alpha value is -1.63. The van der Waals surface area contributed by atoms with Crippen molar-refractivity contribution in [3.63, 3.8) is 0 Å². The monoisotopic (exact) mass is 464 g/mol. The molecule has 5 aliphatic carbocycles. The maximum atomic E-state index is 12.2. The largest absolute Gasteiger partial charge is 0.465 e. The molecule has 0 aromatic rings. The minimum atomic E-state index is -0.613. The summed E-state index contributed by atoms with van der Waals surface area (Å²) >= 11 is 0. The van der Waals surface area contributed by atoms with Crippen molar-refractivity contribution in [3.05, 3.63) is 0 Å². The maximum absolute atomic E-state index is 12.2. The van der Waals surface area contributed by atoms with E-state index in [1.165, 1.54) is 20.8 Å². The van der Waals surface area contributed by atoms with Crippen LogP contribution in [0, 0.1) is 39.9 Å². The van der Waals surface area contributed by atoms with Crippen molar-refractivity contribution >= 4 is 17.9 Å². The van der Waals surface area contributed by atoms with Crippen LogP contribution < -0.4 is 0 Å². The molecule has 0 saturated heterocycles. The summed E-state index contributed by atoms with van der Waals surface area (Å²) in [6.07, 6.45) is 3.72. The quantitative estimate of drug-likeness (QED) is 0.501. The highest BCUT2D eigenvalue weighted by Crippen LogP contribution is 2.72. The van der Waals surface area contributed by atoms with Crippen LogP contribution in [0.15, 0.2) is 0 Å². The number of rotatable bonds is 4. The summed E-state index contributed by atoms with van der Waals surface area (Å²) in [5, 5.41) is 11.6. The Morgan fingerprint density at radius 3 is 2.12 bits per heavy atom. The van der Waals surface area contributed by atoms with Crippen molar-refractivity contribution in [2.75, 3.05) is 6.61 Å². The number of ether oxygens (including phenoxy) is 3. The molecule has 0 amide bonds. The molecule has 0 unspecified atom stereocenters. The van der Waals surface area contributed by atoms with E-state index < -0.39 is 23.0 Å². The molecule has 1 spiro atoms. The van der Waals surface area contributed by atoms with Gasteiger partial charge in [-0.2, -0.15) is 0 Å². The molecule has 1 N–H and O–H groups in total. The van der Waals surface area contributed by atoms with Gasteiger partial charge >= 0.3 is 17.9 Å². The first-order chi connectivity index (χ1) is 15.4. The molecule has 0 aliphatic heterocycles. The minimum Gasteiger partial charge on any atom is -0.465 e. The Labute approximate surface area is 196 Å². The summed E-state index contributed by atoms with van der Waals surface area (Å²) < 4.78 is 17.4. The molecule has 10 atom stereocenters. The molecule has 0 aromatic heterocycles. The first-order valence-corrected chi connectivity index (χ1v) is 12.5. The van der Waals surface area contributed by atoms with E-state index in [2.05, 4.69) is 20.8 Å². The molecule has 5 fully saturated rings. The fourth-order valence-corrected chi connectivity index (χ4v) is 8.80. The molecular formula is C26H40O7. The number of esters is 3. The molecule has 186 valence electrons. The van der Waals surface area contributed by atoms with Gasteiger partial charge in [-0.3, -0.25) is 14.4 Å². The average molecular weight is 465 g/mol. The number of aliphatic hydroxyl groups is 1. The number of aliphatic hydroxyl groups excluding tert-OH is 1. The lowest BCUT2D eigenvalue weighted by atomic mass is 9.34. The van der Waals surface area contributed by atoms with Crippen molar-refractivity contribution in [2.24, 2.45) is 39.9 Å². The van der Waals surface area contributed by atoms with E-state index >= 15 is 0 Å². The number of fused-ring (bicyclic) bond motifs is 3. The van der Waals surface area contributed by atoms with Gasteiger partial charge in [-0.05, 0) is 67.6 Å². The van der Waals surface area contributed by atoms with Crippen molar-refractivity contribution in [2.45, 2.75) is 98.4 Å². The summed E-state index contributed by atoms with van der Waals surface area (Å²) in [5.41, 5.74) is -1.22. The molecule has 5 aliphatic rings. The zero-order chi connectivity index (χ0) is 24.3. The Morgan fingerprint density at radius 2 is 1.52 bits per heavy atom. The Morgan fingerprint density at radius 1 is 0.879 bits per heavy atom. The normalized spacial score (nSPS) is 48.3. The van der Waals surface area contributed by atoms with Gasteiger partial charge < -0.3 is 19.3 Å². The zero-order valence-corrected chi connectivity index (χ0v) is 20.9. The molecule has 0 radical (unpaired) electrons. The third-order valence-corrected chi connectivity index (χ3v) is 10.2. The van der Waals surface area contributed by atoms with E-state index in [0.717, 1.165) is 25.7 Å². The smallest absolute Gasteiger partial charge is 0.302 e. The highest BCUT2D eigenvalue weighted by Gasteiger charge is 2.72. The van der Waals surface area contributed by atoms with Crippen LogP contribution in [0.5, 0.6) is 0 Å². The van der Waals surface area contributed by atoms with E-state index in [0.29, 0.717) is 18.8 Å². The van der Waals surface area contributed by atoms with Gasteiger partial charge in [-0.1, -0.05) is 20.8 Å². The van der Waals surface area contributed by atoms with E-state index in [9.17, 15) is 19.5 Å². The van der Waals surface area contributed by atoms with Gasteiger partial charge in [0.2, 0.25) is 0 Å². The van der Waals surface area contributed by atoms with Gasteiger partial charge in [0.15, 0.2) is 0 Å². The lowest BCUT2D eigenvalue weighted by Crippen LogP contribution is -2.72. The number of hydrogen-bond acceptors (Lipinski definition) is 7. The molecule has 2 bridgehead atoms. The van der Waals surface area contributed by atoms with E-state index in [-0.39, 0.29) is 53.8 Å². The van der Waals surface area contributed by atoms with E-state index in [1.54, 1.807) is 0 Å². The third kappa shape index (κ3) is 3.60. The molecule has 5 rings (SSSR count). The van der Waals surface area contributed by atoms with Crippen molar-refractivity contribution < 1.29 is 33.7 Å². The SMILES string of the molecule is CC(=O)OC[C@]1(C)[C@H]2C[C@H](OC(C)=O)[C@@]34CC[C@H](C[C@H]3[C@]2(C)CC[C@H]1OC(C)=O)[C@H](C)[C@@H]4O. The van der Waals surface area contributed by atoms with Gasteiger partial charge in [0.05, 0.1) is 6.10 Å². The van der Waals surface area contributed by atoms with E-state index in [4.69, 9.17) is 14.2 Å². The predicted octanol–water partition coefficient (Wildman–Crippen LogP) is 3.65. The van der Waals surface area contributed by atoms with Gasteiger partial charge in [0.25, 0.3) is 0 Å². The Kier molecular flexibility index (Phi) is 6.12. The molecular weight excluding hydrogens is 424 g/mol. The molecule has 7 nitrogen and oxygen atoms in total. The van der Waals surface area contributed by atoms with Gasteiger partial charge in [0, 0.05) is 31.6 Å². The van der Waals surface area contributed by atoms with Crippen LogP contribution in [-0.2, 0) is 28.6 Å². The second-order valence-electron chi connectivity index (χ2n) is 11.8. The molecule has 0 aromatic carbocycles. The molecule has 7 heteroatoms. The highest BCUT2D eigenvalue weighted by molar-refractivity contribution is 5.67. The van der Waals surface area contributed by atoms with E-state index in [1.807, 2.05) is 0 Å². The van der Waals surface area contributed by atoms with Crippen LogP contribution >= 0.6 is 0 Å². The average Bonchev–Trinajstić information content (AvgIpc) is 2.73. The Balaban J connectivity index is 1.80. The summed E-state index contributed by atoms with van der Waals surface area (Å²) in [6, 6.07) is 0. The minimum absolute atomic E-state index is 0.00396. The van der Waals surface area contributed by atoms with Crippen LogP contribution in [0.1, 0.15) is 80.1 Å². The zero-order valence-electron chi connectivity index (χ0n) is 20.9. The summed E-state index contributed by atoms with van der Waals surface area (Å²) in [5.74, 6) is -0.225.